The van der Waals surface area contributed by atoms with Crippen molar-refractivity contribution in [3.63, 3.8) is 0 Å². The lowest BCUT2D eigenvalue weighted by atomic mass is 9.93. The average Bonchev–Trinajstić information content (AvgIpc) is 2.97. The number of likely N-dealkylation sites (tertiary alicyclic amines) is 1. The van der Waals surface area contributed by atoms with Crippen LogP contribution < -0.4 is 10.9 Å². The lowest BCUT2D eigenvalue weighted by molar-refractivity contribution is -0.138. The molecule has 0 unspecified atom stereocenters. The Morgan fingerprint density at radius 3 is 2.33 bits per heavy atom. The molecule has 3 aliphatic rings. The van der Waals surface area contributed by atoms with Crippen LogP contribution in [0.1, 0.15) is 34.5 Å². The number of piperidine rings is 1. The van der Waals surface area contributed by atoms with Crippen LogP contribution >= 0.6 is 0 Å². The van der Waals surface area contributed by atoms with Crippen molar-refractivity contribution < 1.29 is 14.0 Å². The zero-order valence-corrected chi connectivity index (χ0v) is 22.6. The number of carbonyl (C=O) groups is 2. The molecular weight excluding hydrogens is 511 g/mol. The molecule has 0 radical (unpaired) electrons. The van der Waals surface area contributed by atoms with Crippen LogP contribution in [0.2, 0.25) is 0 Å². The second-order valence-corrected chi connectivity index (χ2v) is 11.3. The molecule has 3 fully saturated rings. The van der Waals surface area contributed by atoms with E-state index in [0.29, 0.717) is 43.7 Å². The van der Waals surface area contributed by atoms with E-state index in [1.807, 2.05) is 17.0 Å². The Morgan fingerprint density at radius 1 is 0.925 bits per heavy atom. The van der Waals surface area contributed by atoms with Crippen molar-refractivity contribution in [1.29, 1.82) is 0 Å². The maximum absolute atomic E-state index is 14.8. The van der Waals surface area contributed by atoms with Crippen molar-refractivity contribution in [2.45, 2.75) is 19.3 Å². The van der Waals surface area contributed by atoms with Gasteiger partial charge in [0.2, 0.25) is 5.91 Å². The maximum atomic E-state index is 14.8. The van der Waals surface area contributed by atoms with E-state index in [2.05, 4.69) is 20.4 Å². The van der Waals surface area contributed by atoms with Crippen LogP contribution in [0.25, 0.3) is 10.8 Å². The van der Waals surface area contributed by atoms with Crippen LogP contribution in [-0.2, 0) is 11.2 Å². The van der Waals surface area contributed by atoms with E-state index >= 15 is 0 Å². The zero-order valence-electron chi connectivity index (χ0n) is 22.6. The number of nitrogens with one attached hydrogen (secondary N) is 2. The number of carbonyl (C=O) groups excluding carboxylic acids is 2. The van der Waals surface area contributed by atoms with Gasteiger partial charge in [0.05, 0.1) is 16.6 Å². The minimum Gasteiger partial charge on any atom is -0.339 e. The molecule has 0 bridgehead atoms. The third kappa shape index (κ3) is 5.51. The van der Waals surface area contributed by atoms with E-state index in [-0.39, 0.29) is 28.9 Å². The number of amides is 2. The molecule has 40 heavy (non-hydrogen) atoms. The molecule has 0 spiro atoms. The summed E-state index contributed by atoms with van der Waals surface area (Å²) in [4.78, 5) is 44.6. The number of aromatic amines is 1. The number of rotatable bonds is 6. The van der Waals surface area contributed by atoms with Crippen LogP contribution in [0.3, 0.4) is 0 Å². The lowest BCUT2D eigenvalue weighted by Crippen LogP contribution is -2.54. The zero-order chi connectivity index (χ0) is 27.6. The molecule has 0 aliphatic carbocycles. The number of halogens is 1. The highest BCUT2D eigenvalue weighted by molar-refractivity contribution is 5.95. The third-order valence-corrected chi connectivity index (χ3v) is 8.61. The predicted octanol–water partition coefficient (Wildman–Crippen LogP) is 1.87. The predicted molar refractivity (Wildman–Crippen MR) is 150 cm³/mol. The molecule has 1 aromatic heterocycles. The molecule has 3 saturated heterocycles. The van der Waals surface area contributed by atoms with Crippen molar-refractivity contribution in [1.82, 2.24) is 30.2 Å². The largest absolute Gasteiger partial charge is 0.339 e. The van der Waals surface area contributed by atoms with E-state index in [1.54, 1.807) is 29.2 Å². The molecule has 3 aliphatic heterocycles. The molecule has 0 atom stereocenters. The van der Waals surface area contributed by atoms with Gasteiger partial charge in [-0.25, -0.2) is 9.49 Å². The van der Waals surface area contributed by atoms with Crippen molar-refractivity contribution in [3.05, 3.63) is 75.5 Å². The van der Waals surface area contributed by atoms with Gasteiger partial charge in [-0.2, -0.15) is 5.10 Å². The highest BCUT2D eigenvalue weighted by Gasteiger charge is 2.33. The Hall–Kier alpha value is -3.63. The van der Waals surface area contributed by atoms with Crippen LogP contribution in [-0.4, -0.2) is 95.6 Å². The van der Waals surface area contributed by atoms with E-state index in [1.165, 1.54) is 6.07 Å². The van der Waals surface area contributed by atoms with Gasteiger partial charge in [-0.3, -0.25) is 14.4 Å². The summed E-state index contributed by atoms with van der Waals surface area (Å²) in [6.45, 7) is 6.93. The second kappa shape index (κ2) is 11.5. The smallest absolute Gasteiger partial charge is 0.272 e. The fraction of sp³-hybridized carbons (Fsp3) is 0.467. The highest BCUT2D eigenvalue weighted by atomic mass is 19.1. The normalized spacial score (nSPS) is 19.1. The van der Waals surface area contributed by atoms with Crippen LogP contribution in [0.15, 0.2) is 47.3 Å². The van der Waals surface area contributed by atoms with Crippen LogP contribution in [0, 0.1) is 17.7 Å². The van der Waals surface area contributed by atoms with Crippen molar-refractivity contribution in [3.8, 4) is 0 Å². The number of benzene rings is 2. The molecule has 0 saturated carbocycles. The minimum atomic E-state index is -0.573. The van der Waals surface area contributed by atoms with Gasteiger partial charge in [-0.05, 0) is 55.6 Å². The van der Waals surface area contributed by atoms with Crippen LogP contribution in [0.4, 0.5) is 4.39 Å². The first-order valence-electron chi connectivity index (χ1n) is 14.2. The molecule has 6 rings (SSSR count). The van der Waals surface area contributed by atoms with Crippen molar-refractivity contribution in [2.24, 2.45) is 11.8 Å². The van der Waals surface area contributed by atoms with Crippen LogP contribution in [0.5, 0.6) is 0 Å². The summed E-state index contributed by atoms with van der Waals surface area (Å²) in [5, 5.41) is 11.3. The average molecular weight is 547 g/mol. The number of aromatic nitrogens is 2. The van der Waals surface area contributed by atoms with Gasteiger partial charge in [0.25, 0.3) is 11.5 Å². The molecule has 10 heteroatoms. The third-order valence-electron chi connectivity index (χ3n) is 8.61. The summed E-state index contributed by atoms with van der Waals surface area (Å²) < 4.78 is 14.8. The fourth-order valence-corrected chi connectivity index (χ4v) is 6.11. The Kier molecular flexibility index (Phi) is 7.62. The van der Waals surface area contributed by atoms with Gasteiger partial charge >= 0.3 is 0 Å². The quantitative estimate of drug-likeness (QED) is 0.490. The summed E-state index contributed by atoms with van der Waals surface area (Å²) in [6, 6.07) is 11.7. The lowest BCUT2D eigenvalue weighted by Gasteiger charge is -2.40. The molecule has 2 N–H and O–H groups in total. The number of nitrogens with zero attached hydrogens (tertiary/aromatic N) is 4. The SMILES string of the molecule is O=C(c1cc(Cc2n[nH]c(=O)c3ccccc23)ccc1F)N1CCN(C(=O)C2CCN(CC3CNC3)CC2)CC1. The molecule has 4 heterocycles. The summed E-state index contributed by atoms with van der Waals surface area (Å²) in [7, 11) is 0. The Bertz CT molecular complexity index is 1460. The molecule has 2 aromatic carbocycles. The van der Waals surface area contributed by atoms with Gasteiger partial charge in [0.15, 0.2) is 0 Å². The molecular formula is C30H35FN6O3. The first-order chi connectivity index (χ1) is 19.5. The Balaban J connectivity index is 1.06. The van der Waals surface area contributed by atoms with E-state index < -0.39 is 5.82 Å². The van der Waals surface area contributed by atoms with Crippen molar-refractivity contribution in [2.75, 3.05) is 58.9 Å². The Morgan fingerprint density at radius 2 is 1.62 bits per heavy atom. The van der Waals surface area contributed by atoms with E-state index in [0.717, 1.165) is 62.4 Å². The number of piperazine rings is 1. The standard InChI is InChI=1S/C30H35FN6O3/c31-26-6-5-20(16-27-23-3-1-2-4-24(23)28(38)34-33-27)15-25(26)30(40)37-13-11-36(12-14-37)29(39)22-7-9-35(10-8-22)19-21-17-32-18-21/h1-6,15,21-22,32H,7-14,16-19H2,(H,34,38). The number of hydrogen-bond acceptors (Lipinski definition) is 6. The highest BCUT2D eigenvalue weighted by Crippen LogP contribution is 2.23. The summed E-state index contributed by atoms with van der Waals surface area (Å²) >= 11 is 0. The molecule has 210 valence electrons. The second-order valence-electron chi connectivity index (χ2n) is 11.3. The number of H-pyrrole nitrogens is 1. The molecule has 3 aromatic rings. The topological polar surface area (TPSA) is 102 Å². The van der Waals surface area contributed by atoms with Gasteiger partial charge in [0.1, 0.15) is 5.82 Å². The number of fused-ring (bicyclic) bond motifs is 1. The first-order valence-corrected chi connectivity index (χ1v) is 14.2. The van der Waals surface area contributed by atoms with E-state index in [9.17, 15) is 18.8 Å². The first kappa shape index (κ1) is 26.6. The summed E-state index contributed by atoms with van der Waals surface area (Å²) in [5.74, 6) is 0.0277. The minimum absolute atomic E-state index is 0.0139. The maximum Gasteiger partial charge on any atom is 0.272 e. The van der Waals surface area contributed by atoms with Gasteiger partial charge in [-0.1, -0.05) is 24.3 Å². The Labute approximate surface area is 232 Å². The molecule has 2 amide bonds. The molecule has 9 nitrogen and oxygen atoms in total. The van der Waals surface area contributed by atoms with Gasteiger partial charge in [-0.15, -0.1) is 0 Å². The van der Waals surface area contributed by atoms with Gasteiger partial charge < -0.3 is 20.0 Å². The monoisotopic (exact) mass is 546 g/mol. The summed E-state index contributed by atoms with van der Waals surface area (Å²) in [5.41, 5.74) is 1.13. The van der Waals surface area contributed by atoms with E-state index in [4.69, 9.17) is 0 Å². The van der Waals surface area contributed by atoms with Crippen molar-refractivity contribution >= 4 is 22.6 Å². The number of hydrogen-bond donors (Lipinski definition) is 2. The summed E-state index contributed by atoms with van der Waals surface area (Å²) in [6.07, 6.45) is 2.11. The van der Waals surface area contributed by atoms with Gasteiger partial charge in [0, 0.05) is 63.5 Å². The fourth-order valence-electron chi connectivity index (χ4n) is 6.11.